The van der Waals surface area contributed by atoms with Gasteiger partial charge in [-0.3, -0.25) is 9.80 Å². The van der Waals surface area contributed by atoms with Crippen molar-refractivity contribution in [1.82, 2.24) is 14.1 Å². The molecule has 0 aromatic heterocycles. The third-order valence-electron chi connectivity index (χ3n) is 7.95. The van der Waals surface area contributed by atoms with E-state index in [9.17, 15) is 9.18 Å². The molecule has 0 bridgehead atoms. The summed E-state index contributed by atoms with van der Waals surface area (Å²) in [5.74, 6) is 0.384. The van der Waals surface area contributed by atoms with Gasteiger partial charge in [0.25, 0.3) is 0 Å². The Balaban J connectivity index is 1.15. The highest BCUT2D eigenvalue weighted by Crippen LogP contribution is 2.40. The first-order valence-electron chi connectivity index (χ1n) is 14.8. The van der Waals surface area contributed by atoms with E-state index in [1.165, 1.54) is 12.1 Å². The van der Waals surface area contributed by atoms with E-state index < -0.39 is 5.97 Å². The highest BCUT2D eigenvalue weighted by atomic mass is 32.2. The van der Waals surface area contributed by atoms with Gasteiger partial charge < -0.3 is 14.6 Å². The third-order valence-corrected chi connectivity index (χ3v) is 9.05. The molecule has 0 saturated carbocycles. The summed E-state index contributed by atoms with van der Waals surface area (Å²) in [4.78, 5) is 17.3. The molecular weight excluding hydrogens is 553 g/mol. The monoisotopic (exact) mass is 593 g/mol. The van der Waals surface area contributed by atoms with Gasteiger partial charge in [0.1, 0.15) is 17.3 Å². The zero-order valence-electron chi connectivity index (χ0n) is 24.4. The van der Waals surface area contributed by atoms with Gasteiger partial charge >= 0.3 is 5.97 Å². The van der Waals surface area contributed by atoms with Gasteiger partial charge in [0, 0.05) is 56.8 Å². The molecule has 0 atom stereocenters. The molecule has 3 aromatic carbocycles. The first-order chi connectivity index (χ1) is 20.4. The van der Waals surface area contributed by atoms with Crippen molar-refractivity contribution in [2.24, 2.45) is 0 Å². The van der Waals surface area contributed by atoms with Crippen molar-refractivity contribution >= 4 is 17.9 Å². The molecule has 1 N–H and O–H groups in total. The van der Waals surface area contributed by atoms with Gasteiger partial charge in [0.2, 0.25) is 0 Å². The van der Waals surface area contributed by atoms with Crippen LogP contribution in [0.5, 0.6) is 11.5 Å². The molecule has 0 amide bonds. The topological polar surface area (TPSA) is 65.5 Å². The minimum atomic E-state index is -0.891. The molecule has 0 unspecified atom stereocenters. The number of rotatable bonds is 11. The van der Waals surface area contributed by atoms with Gasteiger partial charge in [0.15, 0.2) is 0 Å². The lowest BCUT2D eigenvalue weighted by Crippen LogP contribution is -2.52. The van der Waals surface area contributed by atoms with Gasteiger partial charge in [-0.25, -0.2) is 13.5 Å². The third kappa shape index (κ3) is 7.64. The van der Waals surface area contributed by atoms with Crippen molar-refractivity contribution < 1.29 is 23.8 Å². The molecule has 0 aliphatic carbocycles. The zero-order valence-corrected chi connectivity index (χ0v) is 25.2. The van der Waals surface area contributed by atoms with Crippen LogP contribution in [0.4, 0.5) is 4.39 Å². The molecule has 9 heteroatoms. The maximum absolute atomic E-state index is 13.6. The minimum absolute atomic E-state index is 0.264. The van der Waals surface area contributed by atoms with Crippen molar-refractivity contribution in [2.75, 3.05) is 52.5 Å². The summed E-state index contributed by atoms with van der Waals surface area (Å²) in [7, 11) is 0. The molecule has 2 aliphatic heterocycles. The predicted molar refractivity (Wildman–Crippen MR) is 165 cm³/mol. The van der Waals surface area contributed by atoms with Gasteiger partial charge in [0.05, 0.1) is 24.3 Å². The number of carboxylic acids is 1. The van der Waals surface area contributed by atoms with Crippen LogP contribution in [0.25, 0.3) is 11.1 Å². The lowest BCUT2D eigenvalue weighted by Gasteiger charge is -2.42. The number of aromatic carboxylic acids is 1. The summed E-state index contributed by atoms with van der Waals surface area (Å²) in [5.41, 5.74) is 3.23. The standard InChI is InChI=1S/C33H40FN3O4S/c1-3-40-30-21-24(22-31(41-4-2)32(30)25-5-9-27(34)10-6-25)23-35-17-19-36(20-18-35)28-13-15-37(16-14-28)42-29-11-7-26(8-12-29)33(38)39/h5-12,21-22,28H,3-4,13-20,23H2,1-2H3,(H,38,39). The van der Waals surface area contributed by atoms with Crippen LogP contribution >= 0.6 is 11.9 Å². The van der Waals surface area contributed by atoms with E-state index in [0.717, 1.165) is 91.7 Å². The van der Waals surface area contributed by atoms with Crippen LogP contribution in [0.2, 0.25) is 0 Å². The van der Waals surface area contributed by atoms with Gasteiger partial charge in [-0.15, -0.1) is 0 Å². The van der Waals surface area contributed by atoms with Crippen molar-refractivity contribution in [3.63, 3.8) is 0 Å². The quantitative estimate of drug-likeness (QED) is 0.261. The second kappa shape index (κ2) is 14.4. The number of hydrogen-bond acceptors (Lipinski definition) is 7. The van der Waals surface area contributed by atoms with E-state index in [2.05, 4.69) is 26.2 Å². The summed E-state index contributed by atoms with van der Waals surface area (Å²) >= 11 is 1.72. The van der Waals surface area contributed by atoms with E-state index in [1.807, 2.05) is 26.0 Å². The fourth-order valence-electron chi connectivity index (χ4n) is 5.83. The van der Waals surface area contributed by atoms with Crippen LogP contribution in [0, 0.1) is 5.82 Å². The highest BCUT2D eigenvalue weighted by molar-refractivity contribution is 7.97. The number of halogens is 1. The van der Waals surface area contributed by atoms with Crippen LogP contribution in [-0.2, 0) is 6.54 Å². The fourth-order valence-corrected chi connectivity index (χ4v) is 6.78. The predicted octanol–water partition coefficient (Wildman–Crippen LogP) is 6.28. The molecule has 2 aliphatic rings. The maximum atomic E-state index is 13.6. The lowest BCUT2D eigenvalue weighted by atomic mass is 10.00. The first-order valence-corrected chi connectivity index (χ1v) is 15.6. The summed E-state index contributed by atoms with van der Waals surface area (Å²) in [6.45, 7) is 12.0. The SMILES string of the molecule is CCOc1cc(CN2CCN(C3CCN(Sc4ccc(C(=O)O)cc4)CC3)CC2)cc(OCC)c1-c1ccc(F)cc1. The lowest BCUT2D eigenvalue weighted by molar-refractivity contribution is 0.0696. The number of carboxylic acid groups (broad SMARTS) is 1. The Morgan fingerprint density at radius 2 is 1.48 bits per heavy atom. The average molecular weight is 594 g/mol. The molecule has 7 nitrogen and oxygen atoms in total. The number of hydrogen-bond donors (Lipinski definition) is 1. The van der Waals surface area contributed by atoms with Gasteiger partial charge in [-0.1, -0.05) is 12.1 Å². The molecule has 224 valence electrons. The number of benzene rings is 3. The minimum Gasteiger partial charge on any atom is -0.493 e. The zero-order chi connectivity index (χ0) is 29.5. The number of piperidine rings is 1. The Labute approximate surface area is 252 Å². The molecule has 2 fully saturated rings. The van der Waals surface area contributed by atoms with Crippen LogP contribution < -0.4 is 9.47 Å². The molecule has 5 rings (SSSR count). The second-order valence-corrected chi connectivity index (χ2v) is 11.9. The van der Waals surface area contributed by atoms with E-state index >= 15 is 0 Å². The van der Waals surface area contributed by atoms with Crippen LogP contribution in [0.1, 0.15) is 42.6 Å². The van der Waals surface area contributed by atoms with E-state index in [0.29, 0.717) is 24.8 Å². The molecule has 0 radical (unpaired) electrons. The van der Waals surface area contributed by atoms with E-state index in [4.69, 9.17) is 14.6 Å². The number of ether oxygens (including phenoxy) is 2. The molecule has 2 saturated heterocycles. The second-order valence-electron chi connectivity index (χ2n) is 10.7. The van der Waals surface area contributed by atoms with Crippen molar-refractivity contribution in [2.45, 2.75) is 44.2 Å². The molecule has 3 aromatic rings. The first kappa shape index (κ1) is 30.4. The van der Waals surface area contributed by atoms with Crippen LogP contribution in [0.3, 0.4) is 0 Å². The Morgan fingerprint density at radius 1 is 0.881 bits per heavy atom. The molecule has 0 spiro atoms. The van der Waals surface area contributed by atoms with E-state index in [-0.39, 0.29) is 5.82 Å². The molecular formula is C33H40FN3O4S. The fraction of sp³-hybridized carbons (Fsp3) is 0.424. The average Bonchev–Trinajstić information content (AvgIpc) is 2.99. The Hall–Kier alpha value is -3.11. The highest BCUT2D eigenvalue weighted by Gasteiger charge is 2.28. The number of piperazine rings is 1. The maximum Gasteiger partial charge on any atom is 0.335 e. The summed E-state index contributed by atoms with van der Waals surface area (Å²) in [6.07, 6.45) is 2.28. The van der Waals surface area contributed by atoms with Crippen LogP contribution in [0.15, 0.2) is 65.6 Å². The van der Waals surface area contributed by atoms with Crippen LogP contribution in [-0.4, -0.2) is 83.7 Å². The number of carbonyl (C=O) groups is 1. The summed E-state index contributed by atoms with van der Waals surface area (Å²) < 4.78 is 28.1. The molecule has 2 heterocycles. The van der Waals surface area contributed by atoms with Crippen molar-refractivity contribution in [1.29, 1.82) is 0 Å². The normalized spacial score (nSPS) is 17.3. The summed E-state index contributed by atoms with van der Waals surface area (Å²) in [6, 6.07) is 18.4. The molecule has 42 heavy (non-hydrogen) atoms. The van der Waals surface area contributed by atoms with Gasteiger partial charge in [-0.05, 0) is 98.3 Å². The van der Waals surface area contributed by atoms with Crippen molar-refractivity contribution in [3.05, 3.63) is 77.6 Å². The smallest absolute Gasteiger partial charge is 0.335 e. The van der Waals surface area contributed by atoms with E-state index in [1.54, 1.807) is 36.2 Å². The largest absolute Gasteiger partial charge is 0.493 e. The van der Waals surface area contributed by atoms with Crippen molar-refractivity contribution in [3.8, 4) is 22.6 Å². The summed E-state index contributed by atoms with van der Waals surface area (Å²) in [5, 5.41) is 9.11. The van der Waals surface area contributed by atoms with Gasteiger partial charge in [-0.2, -0.15) is 0 Å². The Bertz CT molecular complexity index is 1300. The number of nitrogens with zero attached hydrogens (tertiary/aromatic N) is 3. The Kier molecular flexibility index (Phi) is 10.4. The Morgan fingerprint density at radius 3 is 2.02 bits per heavy atom.